The van der Waals surface area contributed by atoms with Gasteiger partial charge >= 0.3 is 0 Å². The summed E-state index contributed by atoms with van der Waals surface area (Å²) in [6.45, 7) is 18.2. The Morgan fingerprint density at radius 2 is 1.05 bits per heavy atom. The second-order valence-corrected chi connectivity index (χ2v) is 21.5. The molecule has 5 nitrogen and oxygen atoms in total. The fourth-order valence-corrected chi connectivity index (χ4v) is 10.4. The molecule has 1 aliphatic rings. The third kappa shape index (κ3) is 9.36. The molecule has 0 fully saturated rings. The molecule has 3 heterocycles. The van der Waals surface area contributed by atoms with E-state index >= 15 is 0 Å². The number of para-hydroxylation sites is 3. The van der Waals surface area contributed by atoms with E-state index in [4.69, 9.17) is 4.98 Å². The van der Waals surface area contributed by atoms with Crippen LogP contribution >= 0.6 is 0 Å². The summed E-state index contributed by atoms with van der Waals surface area (Å²) in [5.41, 5.74) is 19.7. The summed E-state index contributed by atoms with van der Waals surface area (Å²) >= 11 is 0. The number of anilines is 7. The van der Waals surface area contributed by atoms with Gasteiger partial charge in [-0.05, 0) is 122 Å². The summed E-state index contributed by atoms with van der Waals surface area (Å²) in [5, 5.41) is 2.22. The van der Waals surface area contributed by atoms with E-state index in [-0.39, 0.29) is 31.9 Å². The van der Waals surface area contributed by atoms with Crippen molar-refractivity contribution in [2.24, 2.45) is 0 Å². The quantitative estimate of drug-likeness (QED) is 0.135. The van der Waals surface area contributed by atoms with E-state index in [1.807, 2.05) is 6.20 Å². The van der Waals surface area contributed by atoms with E-state index in [0.29, 0.717) is 0 Å². The Balaban J connectivity index is 0.00000602. The molecule has 0 amide bonds. The van der Waals surface area contributed by atoms with Gasteiger partial charge in [-0.3, -0.25) is 0 Å². The second-order valence-electron chi connectivity index (χ2n) is 21.5. The molecule has 2 aromatic heterocycles. The molecule has 1 aliphatic heterocycles. The predicted molar refractivity (Wildman–Crippen MR) is 311 cm³/mol. The van der Waals surface area contributed by atoms with Gasteiger partial charge in [0.25, 0.3) is 0 Å². The topological polar surface area (TPSA) is 27.5 Å². The SMILES string of the molecule is Cc1cc(-n2c3[c-]c(N(c4[c-]c(N5[CH-]N(c6cc(C(C)(C)C)cc(C(C)(C)C)c6)c6ccccc65)ccc4)c4ccccc4)ccc3c3cc(-c4cccc(-c5ccccc5)c4)ccc32)ncc1-c1ccccc1.[Pt]. The minimum atomic E-state index is -0.0207. The van der Waals surface area contributed by atoms with Crippen LogP contribution in [0.5, 0.6) is 0 Å². The standard InChI is InChI=1S/C69H58N5.Pt/c1-47-37-67(70-45-62(47)49-23-13-9-14-24-49)74-63-36-33-52(51-26-19-25-50(38-51)48-21-11-8-12-22-48)39-61(63)60-35-34-58(44-66(60)74)73(55-27-15-10-16-28-55)57-30-20-29-56(43-57)71-46-72(65-32-18-17-31-64(65)71)59-41-53(68(2,3)4)40-54(42-59)69(5,6)7;/h8-42,45-46H,1-7H3;/q-3;. The molecule has 0 radical (unpaired) electrons. The van der Waals surface area contributed by atoms with Crippen molar-refractivity contribution < 1.29 is 21.1 Å². The van der Waals surface area contributed by atoms with Gasteiger partial charge < -0.3 is 19.3 Å². The molecule has 6 heteroatoms. The van der Waals surface area contributed by atoms with Crippen LogP contribution in [-0.2, 0) is 31.9 Å². The third-order valence-corrected chi connectivity index (χ3v) is 14.5. The monoisotopic (exact) mass is 1150 g/mol. The van der Waals surface area contributed by atoms with Gasteiger partial charge in [-0.15, -0.1) is 48.1 Å². The number of aryl methyl sites for hydroxylation is 1. The summed E-state index contributed by atoms with van der Waals surface area (Å²) in [7, 11) is 0. The summed E-state index contributed by atoms with van der Waals surface area (Å²) < 4.78 is 2.29. The van der Waals surface area contributed by atoms with E-state index in [2.05, 4.69) is 299 Å². The molecule has 0 spiro atoms. The molecule has 372 valence electrons. The molecule has 0 saturated heterocycles. The number of rotatable bonds is 9. The van der Waals surface area contributed by atoms with Crippen LogP contribution in [-0.4, -0.2) is 9.55 Å². The van der Waals surface area contributed by atoms with E-state index in [1.165, 1.54) is 22.3 Å². The molecule has 0 saturated carbocycles. The van der Waals surface area contributed by atoms with Gasteiger partial charge in [0.2, 0.25) is 0 Å². The van der Waals surface area contributed by atoms with Gasteiger partial charge in [-0.1, -0.05) is 186 Å². The zero-order valence-electron chi connectivity index (χ0n) is 43.4. The molecule has 0 aliphatic carbocycles. The Labute approximate surface area is 456 Å². The minimum Gasteiger partial charge on any atom is -0.493 e. The van der Waals surface area contributed by atoms with Gasteiger partial charge in [-0.2, -0.15) is 12.1 Å². The van der Waals surface area contributed by atoms with Gasteiger partial charge in [-0.25, -0.2) is 4.98 Å². The van der Waals surface area contributed by atoms with Crippen LogP contribution in [0.3, 0.4) is 0 Å². The van der Waals surface area contributed by atoms with Crippen LogP contribution < -0.4 is 14.7 Å². The fourth-order valence-electron chi connectivity index (χ4n) is 10.4. The van der Waals surface area contributed by atoms with E-state index in [1.54, 1.807) is 0 Å². The maximum absolute atomic E-state index is 5.22. The molecule has 0 atom stereocenters. The average molecular weight is 1150 g/mol. The van der Waals surface area contributed by atoms with Crippen LogP contribution in [0.2, 0.25) is 0 Å². The first-order valence-corrected chi connectivity index (χ1v) is 25.6. The normalized spacial score (nSPS) is 12.5. The van der Waals surface area contributed by atoms with Gasteiger partial charge in [0.05, 0.1) is 0 Å². The molecule has 0 bridgehead atoms. The molecule has 11 aromatic rings. The zero-order valence-corrected chi connectivity index (χ0v) is 45.7. The Kier molecular flexibility index (Phi) is 12.9. The van der Waals surface area contributed by atoms with E-state index in [0.717, 1.165) is 95.3 Å². The van der Waals surface area contributed by atoms with Crippen molar-refractivity contribution in [3.63, 3.8) is 0 Å². The van der Waals surface area contributed by atoms with Crippen LogP contribution in [0.25, 0.3) is 61.0 Å². The molecular weight excluding hydrogens is 1090 g/mol. The van der Waals surface area contributed by atoms with Crippen LogP contribution in [0.15, 0.2) is 219 Å². The Hall–Kier alpha value is -7.98. The number of benzene rings is 9. The second kappa shape index (κ2) is 19.7. The predicted octanol–water partition coefficient (Wildman–Crippen LogP) is 18.6. The maximum atomic E-state index is 5.22. The first-order chi connectivity index (χ1) is 35.9. The van der Waals surface area contributed by atoms with Crippen LogP contribution in [0.4, 0.5) is 39.8 Å². The van der Waals surface area contributed by atoms with Gasteiger partial charge in [0.1, 0.15) is 5.82 Å². The summed E-state index contributed by atoms with van der Waals surface area (Å²) in [6, 6.07) is 84.1. The van der Waals surface area contributed by atoms with Crippen molar-refractivity contribution in [3.05, 3.63) is 254 Å². The molecule has 9 aromatic carbocycles. The third-order valence-electron chi connectivity index (χ3n) is 14.5. The maximum Gasteiger partial charge on any atom is 0.135 e. The molecule has 0 N–H and O–H groups in total. The first kappa shape index (κ1) is 49.2. The van der Waals surface area contributed by atoms with Gasteiger partial charge in [0, 0.05) is 61.1 Å². The van der Waals surface area contributed by atoms with Crippen molar-refractivity contribution in [1.82, 2.24) is 9.55 Å². The van der Waals surface area contributed by atoms with Crippen molar-refractivity contribution in [2.45, 2.75) is 59.3 Å². The Bertz CT molecular complexity index is 3840. The van der Waals surface area contributed by atoms with E-state index < -0.39 is 0 Å². The van der Waals surface area contributed by atoms with Crippen LogP contribution in [0, 0.1) is 25.7 Å². The smallest absolute Gasteiger partial charge is 0.135 e. The first-order valence-electron chi connectivity index (χ1n) is 25.6. The largest absolute Gasteiger partial charge is 0.493 e. The molecule has 0 unspecified atom stereocenters. The van der Waals surface area contributed by atoms with Crippen molar-refractivity contribution in [2.75, 3.05) is 14.7 Å². The average Bonchev–Trinajstić information content (AvgIpc) is 3.98. The Morgan fingerprint density at radius 3 is 1.72 bits per heavy atom. The van der Waals surface area contributed by atoms with E-state index in [9.17, 15) is 0 Å². The number of nitrogens with zero attached hydrogens (tertiary/aromatic N) is 5. The van der Waals surface area contributed by atoms with Crippen LogP contribution in [0.1, 0.15) is 58.2 Å². The summed E-state index contributed by atoms with van der Waals surface area (Å²) in [4.78, 5) is 12.1. The molecule has 75 heavy (non-hydrogen) atoms. The number of pyridine rings is 1. The fraction of sp³-hybridized carbons (Fsp3) is 0.130. The van der Waals surface area contributed by atoms with Gasteiger partial charge in [0.15, 0.2) is 0 Å². The molecular formula is C69H58N5Pt-3. The van der Waals surface area contributed by atoms with Crippen molar-refractivity contribution >= 4 is 61.6 Å². The summed E-state index contributed by atoms with van der Waals surface area (Å²) in [5.74, 6) is 0.838. The minimum absolute atomic E-state index is 0. The van der Waals surface area contributed by atoms with Crippen molar-refractivity contribution in [1.29, 1.82) is 0 Å². The number of aromatic nitrogens is 2. The number of hydrogen-bond acceptors (Lipinski definition) is 4. The summed E-state index contributed by atoms with van der Waals surface area (Å²) in [6.07, 6.45) is 2.02. The van der Waals surface area contributed by atoms with Crippen molar-refractivity contribution in [3.8, 4) is 39.2 Å². The number of fused-ring (bicyclic) bond motifs is 4. The molecule has 12 rings (SSSR count). The Morgan fingerprint density at radius 1 is 0.480 bits per heavy atom. The zero-order chi connectivity index (χ0) is 50.7. The number of hydrogen-bond donors (Lipinski definition) is 0.